The highest BCUT2D eigenvalue weighted by Crippen LogP contribution is 2.35. The summed E-state index contributed by atoms with van der Waals surface area (Å²) in [6.07, 6.45) is 1.06. The van der Waals surface area contributed by atoms with Crippen molar-refractivity contribution >= 4 is 22.8 Å². The summed E-state index contributed by atoms with van der Waals surface area (Å²) in [6, 6.07) is 8.90. The molecule has 43 heavy (non-hydrogen) atoms. The number of aromatic nitrogens is 3. The van der Waals surface area contributed by atoms with Crippen molar-refractivity contribution in [3.8, 4) is 11.5 Å². The number of anilines is 1. The molecule has 1 atom stereocenters. The first-order valence-corrected chi connectivity index (χ1v) is 14.5. The Balaban J connectivity index is 1.16. The average Bonchev–Trinajstić information content (AvgIpc) is 3.48. The zero-order valence-electron chi connectivity index (χ0n) is 24.1. The maximum atomic E-state index is 14.1. The lowest BCUT2D eigenvalue weighted by atomic mass is 10.00. The van der Waals surface area contributed by atoms with Gasteiger partial charge in [0.15, 0.2) is 0 Å². The number of nitrogens with zero attached hydrogens (tertiary/aromatic N) is 5. The smallest absolute Gasteiger partial charge is 0.416 e. The second kappa shape index (κ2) is 11.8. The van der Waals surface area contributed by atoms with Gasteiger partial charge in [-0.2, -0.15) is 13.2 Å². The fourth-order valence-electron chi connectivity index (χ4n) is 5.80. The fourth-order valence-corrected chi connectivity index (χ4v) is 5.80. The molecule has 1 saturated heterocycles. The van der Waals surface area contributed by atoms with Gasteiger partial charge in [0.05, 0.1) is 17.1 Å². The second-order valence-electron chi connectivity index (χ2n) is 11.1. The van der Waals surface area contributed by atoms with Gasteiger partial charge in [0.1, 0.15) is 17.1 Å². The number of pyridine rings is 2. The molecule has 12 heteroatoms. The first-order valence-electron chi connectivity index (χ1n) is 14.5. The summed E-state index contributed by atoms with van der Waals surface area (Å²) in [7, 11) is 0. The number of halogens is 3. The van der Waals surface area contributed by atoms with Gasteiger partial charge in [-0.3, -0.25) is 9.88 Å². The number of alkyl halides is 3. The van der Waals surface area contributed by atoms with Gasteiger partial charge in [0.2, 0.25) is 0 Å². The number of hydrogen-bond donors (Lipinski definition) is 2. The van der Waals surface area contributed by atoms with Crippen LogP contribution in [0.2, 0.25) is 0 Å². The van der Waals surface area contributed by atoms with Crippen LogP contribution in [0.5, 0.6) is 11.5 Å². The molecule has 226 valence electrons. The predicted octanol–water partition coefficient (Wildman–Crippen LogP) is 5.89. The lowest BCUT2D eigenvalue weighted by Gasteiger charge is -2.35. The monoisotopic (exact) mass is 593 g/mol. The van der Waals surface area contributed by atoms with Crippen LogP contribution in [0.4, 0.5) is 23.7 Å². The summed E-state index contributed by atoms with van der Waals surface area (Å²) in [5.74, 6) is 1.14. The Morgan fingerprint density at radius 2 is 1.88 bits per heavy atom. The molecule has 9 nitrogen and oxygen atoms in total. The molecular formula is C31H34F3N7O2. The van der Waals surface area contributed by atoms with Gasteiger partial charge >= 0.3 is 12.2 Å². The van der Waals surface area contributed by atoms with E-state index in [1.54, 1.807) is 35.6 Å². The van der Waals surface area contributed by atoms with Gasteiger partial charge in [-0.05, 0) is 54.9 Å². The number of rotatable bonds is 6. The largest absolute Gasteiger partial charge is 0.455 e. The lowest BCUT2D eigenvalue weighted by Crippen LogP contribution is -2.45. The van der Waals surface area contributed by atoms with E-state index in [1.807, 2.05) is 24.0 Å². The number of aromatic amines is 1. The zero-order valence-corrected chi connectivity index (χ0v) is 24.1. The van der Waals surface area contributed by atoms with Crippen molar-refractivity contribution in [2.75, 3.05) is 38.0 Å². The normalized spacial score (nSPS) is 18.1. The number of fused-ring (bicyclic) bond motifs is 2. The van der Waals surface area contributed by atoms with Crippen molar-refractivity contribution in [2.45, 2.75) is 45.6 Å². The van der Waals surface area contributed by atoms with E-state index < -0.39 is 17.8 Å². The van der Waals surface area contributed by atoms with Crippen molar-refractivity contribution in [2.24, 2.45) is 0 Å². The molecule has 2 aliphatic rings. The summed E-state index contributed by atoms with van der Waals surface area (Å²) >= 11 is 0. The molecule has 0 aliphatic carbocycles. The molecule has 0 saturated carbocycles. The maximum absolute atomic E-state index is 14.1. The van der Waals surface area contributed by atoms with E-state index in [1.165, 1.54) is 6.07 Å². The minimum absolute atomic E-state index is 0.110. The highest BCUT2D eigenvalue weighted by atomic mass is 19.4. The number of piperazine rings is 1. The predicted molar refractivity (Wildman–Crippen MR) is 157 cm³/mol. The third kappa shape index (κ3) is 6.30. The number of benzene rings is 1. The lowest BCUT2D eigenvalue weighted by molar-refractivity contribution is -0.138. The first-order chi connectivity index (χ1) is 20.7. The van der Waals surface area contributed by atoms with Crippen LogP contribution in [0.15, 0.2) is 55.0 Å². The van der Waals surface area contributed by atoms with E-state index in [0.29, 0.717) is 23.6 Å². The molecule has 3 aromatic heterocycles. The Morgan fingerprint density at radius 3 is 2.65 bits per heavy atom. The number of amides is 2. The van der Waals surface area contributed by atoms with Crippen molar-refractivity contribution < 1.29 is 22.7 Å². The summed E-state index contributed by atoms with van der Waals surface area (Å²) < 4.78 is 48.4. The van der Waals surface area contributed by atoms with E-state index in [-0.39, 0.29) is 30.4 Å². The van der Waals surface area contributed by atoms with Crippen LogP contribution in [0, 0.1) is 0 Å². The third-order valence-electron chi connectivity index (χ3n) is 8.28. The van der Waals surface area contributed by atoms with Crippen LogP contribution in [0.1, 0.15) is 36.2 Å². The molecule has 1 aromatic carbocycles. The summed E-state index contributed by atoms with van der Waals surface area (Å²) in [5.41, 5.74) is 1.97. The van der Waals surface area contributed by atoms with Crippen molar-refractivity contribution in [1.29, 1.82) is 0 Å². The number of nitrogens with one attached hydrogen (secondary N) is 2. The van der Waals surface area contributed by atoms with E-state index in [0.717, 1.165) is 55.4 Å². The number of carbonyl (C=O) groups is 1. The van der Waals surface area contributed by atoms with Crippen LogP contribution in [-0.4, -0.2) is 74.4 Å². The molecule has 1 fully saturated rings. The van der Waals surface area contributed by atoms with Gasteiger partial charge in [0.25, 0.3) is 0 Å². The van der Waals surface area contributed by atoms with Gasteiger partial charge < -0.3 is 24.8 Å². The Morgan fingerprint density at radius 1 is 1.09 bits per heavy atom. The van der Waals surface area contributed by atoms with Gasteiger partial charge in [-0.1, -0.05) is 13.0 Å². The van der Waals surface area contributed by atoms with E-state index in [4.69, 9.17) is 4.74 Å². The van der Waals surface area contributed by atoms with Gasteiger partial charge in [-0.15, -0.1) is 0 Å². The molecule has 4 aromatic rings. The van der Waals surface area contributed by atoms with Crippen LogP contribution in [0.25, 0.3) is 11.0 Å². The topological polar surface area (TPSA) is 89.6 Å². The maximum Gasteiger partial charge on any atom is 0.416 e. The fraction of sp³-hybridized carbons (Fsp3) is 0.387. The van der Waals surface area contributed by atoms with Crippen LogP contribution < -0.4 is 10.1 Å². The Kier molecular flexibility index (Phi) is 7.97. The molecule has 0 spiro atoms. The van der Waals surface area contributed by atoms with E-state index in [2.05, 4.69) is 32.1 Å². The molecule has 2 N–H and O–H groups in total. The molecule has 0 bridgehead atoms. The standard InChI is InChI=1S/C31H34F3N7O2/c1-3-39-10-12-40(13-11-39)18-21-4-5-23(16-26(21)31(32,33)34)38-30(42)41-19-22-15-24(17-37-27(22)14-20(41)2)43-28-7-9-36-29-25(28)6-8-35-29/h4-9,15-17,20H,3,10-14,18-19H2,1-2H3,(H,35,36)(H,38,42). The molecular weight excluding hydrogens is 559 g/mol. The number of urea groups is 1. The van der Waals surface area contributed by atoms with E-state index in [9.17, 15) is 18.0 Å². The van der Waals surface area contributed by atoms with Crippen molar-refractivity contribution in [1.82, 2.24) is 29.7 Å². The quantitative estimate of drug-likeness (QED) is 0.290. The minimum Gasteiger partial charge on any atom is -0.455 e. The molecule has 5 heterocycles. The molecule has 2 aliphatic heterocycles. The summed E-state index contributed by atoms with van der Waals surface area (Å²) in [4.78, 5) is 31.2. The molecule has 1 unspecified atom stereocenters. The first kappa shape index (κ1) is 28.9. The van der Waals surface area contributed by atoms with Gasteiger partial charge in [-0.25, -0.2) is 9.78 Å². The number of ether oxygens (including phenoxy) is 1. The Hall–Kier alpha value is -4.16. The van der Waals surface area contributed by atoms with E-state index >= 15 is 0 Å². The van der Waals surface area contributed by atoms with Crippen LogP contribution in [-0.2, 0) is 25.7 Å². The highest BCUT2D eigenvalue weighted by Gasteiger charge is 2.35. The zero-order chi connectivity index (χ0) is 30.1. The average molecular weight is 594 g/mol. The Labute approximate surface area is 247 Å². The van der Waals surface area contributed by atoms with Crippen molar-refractivity contribution in [3.63, 3.8) is 0 Å². The molecule has 2 amide bonds. The van der Waals surface area contributed by atoms with Crippen LogP contribution >= 0.6 is 0 Å². The molecule has 6 rings (SSSR count). The number of likely N-dealkylation sites (N-methyl/N-ethyl adjacent to an activating group) is 1. The Bertz CT molecular complexity index is 1610. The number of H-pyrrole nitrogens is 1. The second-order valence-corrected chi connectivity index (χ2v) is 11.1. The molecule has 0 radical (unpaired) electrons. The highest BCUT2D eigenvalue weighted by molar-refractivity contribution is 5.90. The van der Waals surface area contributed by atoms with Gasteiger partial charge in [0, 0.05) is 75.5 Å². The summed E-state index contributed by atoms with van der Waals surface area (Å²) in [6.45, 7) is 8.50. The number of carbonyl (C=O) groups excluding carboxylic acids is 1. The SMILES string of the molecule is CCN1CCN(Cc2ccc(NC(=O)N3Cc4cc(Oc5ccnc6[nH]ccc56)cnc4CC3C)cc2C(F)(F)F)CC1. The van der Waals surface area contributed by atoms with Crippen molar-refractivity contribution in [3.05, 3.63) is 77.4 Å². The summed E-state index contributed by atoms with van der Waals surface area (Å²) in [5, 5.41) is 3.54. The minimum atomic E-state index is -4.54. The van der Waals surface area contributed by atoms with Crippen LogP contribution in [0.3, 0.4) is 0 Å². The third-order valence-corrected chi connectivity index (χ3v) is 8.28. The number of hydrogen-bond acceptors (Lipinski definition) is 6.